The van der Waals surface area contributed by atoms with Crippen molar-refractivity contribution >= 4 is 48.0 Å². The molecule has 3 rings (SSSR count). The molecular formula is C21H32Br2N4O4S. The van der Waals surface area contributed by atoms with Gasteiger partial charge in [0.15, 0.2) is 0 Å². The van der Waals surface area contributed by atoms with Gasteiger partial charge in [0.2, 0.25) is 5.91 Å². The molecule has 8 nitrogen and oxygen atoms in total. The zero-order chi connectivity index (χ0) is 23.6. The predicted molar refractivity (Wildman–Crippen MR) is 132 cm³/mol. The maximum atomic E-state index is 13.0. The second-order valence-electron chi connectivity index (χ2n) is 8.79. The van der Waals surface area contributed by atoms with Crippen molar-refractivity contribution in [1.82, 2.24) is 18.4 Å². The molecule has 0 aromatic heterocycles. The number of piperidine rings is 1. The van der Waals surface area contributed by atoms with Crippen LogP contribution in [0.2, 0.25) is 0 Å². The van der Waals surface area contributed by atoms with Gasteiger partial charge in [-0.1, -0.05) is 6.92 Å². The second-order valence-corrected chi connectivity index (χ2v) is 12.6. The van der Waals surface area contributed by atoms with Gasteiger partial charge < -0.3 is 10.0 Å². The number of rotatable bonds is 6. The molecule has 1 atom stereocenters. The summed E-state index contributed by atoms with van der Waals surface area (Å²) in [7, 11) is -0.222. The summed E-state index contributed by atoms with van der Waals surface area (Å²) in [6.07, 6.45) is 2.43. The minimum atomic E-state index is -3.35. The lowest BCUT2D eigenvalue weighted by Gasteiger charge is -2.43. The number of carbonyl (C=O) groups excluding carboxylic acids is 1. The largest absolute Gasteiger partial charge is 0.506 e. The Balaban J connectivity index is 1.49. The Morgan fingerprint density at radius 2 is 1.62 bits per heavy atom. The van der Waals surface area contributed by atoms with Crippen molar-refractivity contribution in [2.45, 2.75) is 32.2 Å². The molecule has 2 saturated heterocycles. The van der Waals surface area contributed by atoms with Crippen LogP contribution in [0.1, 0.15) is 25.3 Å². The minimum Gasteiger partial charge on any atom is -0.506 e. The van der Waals surface area contributed by atoms with Gasteiger partial charge in [0.05, 0.1) is 8.95 Å². The summed E-state index contributed by atoms with van der Waals surface area (Å²) in [5, 5.41) is 9.88. The number of piperazine rings is 1. The maximum absolute atomic E-state index is 13.0. The van der Waals surface area contributed by atoms with E-state index in [-0.39, 0.29) is 17.6 Å². The highest BCUT2D eigenvalue weighted by Crippen LogP contribution is 2.34. The molecule has 1 amide bonds. The molecule has 2 aliphatic heterocycles. The predicted octanol–water partition coefficient (Wildman–Crippen LogP) is 2.51. The smallest absolute Gasteiger partial charge is 0.281 e. The highest BCUT2D eigenvalue weighted by molar-refractivity contribution is 9.11. The van der Waals surface area contributed by atoms with Gasteiger partial charge in [-0.2, -0.15) is 17.0 Å². The van der Waals surface area contributed by atoms with Crippen molar-refractivity contribution in [3.05, 3.63) is 26.6 Å². The van der Waals surface area contributed by atoms with Gasteiger partial charge in [-0.15, -0.1) is 0 Å². The Morgan fingerprint density at radius 3 is 2.12 bits per heavy atom. The van der Waals surface area contributed by atoms with E-state index in [9.17, 15) is 18.3 Å². The lowest BCUT2D eigenvalue weighted by Crippen LogP contribution is -2.56. The van der Waals surface area contributed by atoms with Crippen molar-refractivity contribution in [3.63, 3.8) is 0 Å². The third-order valence-electron chi connectivity index (χ3n) is 6.39. The van der Waals surface area contributed by atoms with Crippen molar-refractivity contribution < 1.29 is 18.3 Å². The maximum Gasteiger partial charge on any atom is 0.281 e. The summed E-state index contributed by atoms with van der Waals surface area (Å²) in [6, 6.07) is 4.10. The van der Waals surface area contributed by atoms with E-state index in [1.54, 1.807) is 18.4 Å². The number of phenols is 1. The molecule has 0 aliphatic carbocycles. The van der Waals surface area contributed by atoms with Crippen molar-refractivity contribution in [2.24, 2.45) is 5.92 Å². The Morgan fingerprint density at radius 1 is 1.09 bits per heavy atom. The Hall–Kier alpha value is -0.720. The normalized spacial score (nSPS) is 20.6. The first kappa shape index (κ1) is 25.9. The molecule has 1 N–H and O–H groups in total. The summed E-state index contributed by atoms with van der Waals surface area (Å²) >= 11 is 6.70. The molecule has 0 saturated carbocycles. The number of amides is 1. The summed E-state index contributed by atoms with van der Waals surface area (Å²) in [6.45, 7) is 5.88. The Labute approximate surface area is 208 Å². The van der Waals surface area contributed by atoms with Crippen LogP contribution in [0.5, 0.6) is 5.75 Å². The number of aromatic hydroxyl groups is 1. The van der Waals surface area contributed by atoms with Gasteiger partial charge in [-0.3, -0.25) is 9.69 Å². The molecule has 1 aromatic rings. The monoisotopic (exact) mass is 594 g/mol. The highest BCUT2D eigenvalue weighted by Gasteiger charge is 2.33. The van der Waals surface area contributed by atoms with Gasteiger partial charge >= 0.3 is 0 Å². The van der Waals surface area contributed by atoms with Crippen LogP contribution in [-0.2, 0) is 21.4 Å². The quantitative estimate of drug-likeness (QED) is 0.546. The number of benzene rings is 1. The number of halogens is 2. The van der Waals surface area contributed by atoms with Gasteiger partial charge in [0.1, 0.15) is 5.75 Å². The van der Waals surface area contributed by atoms with Crippen LogP contribution in [0, 0.1) is 5.92 Å². The standard InChI is InChI=1S/C21H32Br2N4O4S/c1-15(12-16-13-18(22)20(28)19(23)14-16)21(29)26-6-4-17(5-7-26)25-8-10-27(11-9-25)32(30,31)24(2)3/h13-15,17,28H,4-12H2,1-3H3/t15-/m1/s1. The van der Waals surface area contributed by atoms with Gasteiger partial charge in [-0.25, -0.2) is 0 Å². The van der Waals surface area contributed by atoms with Crippen molar-refractivity contribution in [3.8, 4) is 5.75 Å². The summed E-state index contributed by atoms with van der Waals surface area (Å²) in [5.74, 6) is 0.176. The number of carbonyl (C=O) groups is 1. The van der Waals surface area contributed by atoms with Crippen LogP contribution >= 0.6 is 31.9 Å². The van der Waals surface area contributed by atoms with Crippen LogP contribution in [0.3, 0.4) is 0 Å². The third kappa shape index (κ3) is 5.85. The van der Waals surface area contributed by atoms with E-state index in [2.05, 4.69) is 36.8 Å². The summed E-state index contributed by atoms with van der Waals surface area (Å²) in [4.78, 5) is 17.3. The molecule has 0 radical (unpaired) electrons. The molecule has 180 valence electrons. The number of likely N-dealkylation sites (tertiary alicyclic amines) is 1. The van der Waals surface area contributed by atoms with Crippen LogP contribution in [0.15, 0.2) is 21.1 Å². The van der Waals surface area contributed by atoms with Crippen LogP contribution < -0.4 is 0 Å². The van der Waals surface area contributed by atoms with E-state index < -0.39 is 10.2 Å². The first-order valence-electron chi connectivity index (χ1n) is 10.9. The zero-order valence-corrected chi connectivity index (χ0v) is 22.8. The number of hydrogen-bond donors (Lipinski definition) is 1. The highest BCUT2D eigenvalue weighted by atomic mass is 79.9. The fourth-order valence-corrected chi connectivity index (χ4v) is 6.84. The molecule has 2 aliphatic rings. The summed E-state index contributed by atoms with van der Waals surface area (Å²) < 4.78 is 28.6. The minimum absolute atomic E-state index is 0.144. The number of hydrogen-bond acceptors (Lipinski definition) is 5. The number of phenolic OH excluding ortho intramolecular Hbond substituents is 1. The number of nitrogens with zero attached hydrogens (tertiary/aromatic N) is 4. The average Bonchev–Trinajstić information content (AvgIpc) is 2.77. The van der Waals surface area contributed by atoms with E-state index in [4.69, 9.17) is 0 Å². The average molecular weight is 596 g/mol. The Bertz CT molecular complexity index is 905. The molecular weight excluding hydrogens is 564 g/mol. The molecule has 0 spiro atoms. The van der Waals surface area contributed by atoms with Crippen molar-refractivity contribution in [2.75, 3.05) is 53.4 Å². The van der Waals surface area contributed by atoms with Gasteiger partial charge in [0, 0.05) is 65.3 Å². The lowest BCUT2D eigenvalue weighted by atomic mass is 9.97. The van der Waals surface area contributed by atoms with E-state index >= 15 is 0 Å². The SMILES string of the molecule is C[C@H](Cc1cc(Br)c(O)c(Br)c1)C(=O)N1CCC(N2CCN(S(=O)(=O)N(C)C)CC2)CC1. The third-order valence-corrected chi connectivity index (χ3v) is 9.54. The molecule has 11 heteroatoms. The molecule has 2 fully saturated rings. The molecule has 2 heterocycles. The van der Waals surface area contributed by atoms with E-state index in [1.807, 2.05) is 24.0 Å². The van der Waals surface area contributed by atoms with Gasteiger partial charge in [-0.05, 0) is 68.8 Å². The van der Waals surface area contributed by atoms with Crippen LogP contribution in [0.4, 0.5) is 0 Å². The molecule has 0 unspecified atom stereocenters. The first-order chi connectivity index (χ1) is 15.0. The molecule has 0 bridgehead atoms. The lowest BCUT2D eigenvalue weighted by molar-refractivity contribution is -0.136. The summed E-state index contributed by atoms with van der Waals surface area (Å²) in [5.41, 5.74) is 0.989. The fraction of sp³-hybridized carbons (Fsp3) is 0.667. The molecule has 1 aromatic carbocycles. The zero-order valence-electron chi connectivity index (χ0n) is 18.8. The molecule has 32 heavy (non-hydrogen) atoms. The fourth-order valence-electron chi connectivity index (χ4n) is 4.47. The van der Waals surface area contributed by atoms with Crippen LogP contribution in [0.25, 0.3) is 0 Å². The van der Waals surface area contributed by atoms with Crippen LogP contribution in [-0.4, -0.2) is 97.2 Å². The first-order valence-corrected chi connectivity index (χ1v) is 13.9. The van der Waals surface area contributed by atoms with E-state index in [0.717, 1.165) is 44.6 Å². The van der Waals surface area contributed by atoms with E-state index in [0.29, 0.717) is 34.5 Å². The topological polar surface area (TPSA) is 84.4 Å². The van der Waals surface area contributed by atoms with E-state index in [1.165, 1.54) is 4.31 Å². The second kappa shape index (κ2) is 10.7. The Kier molecular flexibility index (Phi) is 8.65. The van der Waals surface area contributed by atoms with Gasteiger partial charge in [0.25, 0.3) is 10.2 Å². The van der Waals surface area contributed by atoms with Crippen molar-refractivity contribution in [1.29, 1.82) is 0 Å².